The Kier molecular flexibility index (Phi) is 3.38. The minimum absolute atomic E-state index is 0.649. The Balaban J connectivity index is 2.96. The Morgan fingerprint density at radius 1 is 1.33 bits per heavy atom. The summed E-state index contributed by atoms with van der Waals surface area (Å²) >= 11 is 3.20. The molecule has 0 fully saturated rings. The van der Waals surface area contributed by atoms with Crippen molar-refractivity contribution in [2.75, 3.05) is 5.33 Å². The quantitative estimate of drug-likeness (QED) is 0.486. The van der Waals surface area contributed by atoms with E-state index in [1.54, 1.807) is 12.1 Å². The summed E-state index contributed by atoms with van der Waals surface area (Å²) in [6.45, 7) is 0. The van der Waals surface area contributed by atoms with Gasteiger partial charge in [0.05, 0.1) is 17.0 Å². The van der Waals surface area contributed by atoms with Crippen LogP contribution in [0.4, 0.5) is 0 Å². The van der Waals surface area contributed by atoms with Crippen LogP contribution in [0.25, 0.3) is 0 Å². The van der Waals surface area contributed by atoms with E-state index in [0.29, 0.717) is 10.9 Å². The van der Waals surface area contributed by atoms with Crippen molar-refractivity contribution in [1.82, 2.24) is 0 Å². The fraction of sp³-hybridized carbons (Fsp3) is 0.100. The molecule has 0 bridgehead atoms. The van der Waals surface area contributed by atoms with Crippen molar-refractivity contribution < 1.29 is 0 Å². The van der Waals surface area contributed by atoms with Crippen LogP contribution in [0.3, 0.4) is 0 Å². The van der Waals surface area contributed by atoms with Gasteiger partial charge in [0.15, 0.2) is 0 Å². The van der Waals surface area contributed by atoms with Gasteiger partial charge in [-0.25, -0.2) is 0 Å². The number of nitriles is 1. The second kappa shape index (κ2) is 4.59. The number of halogens is 1. The molecular formula is C10H6BrN. The number of hydrogen-bond acceptors (Lipinski definition) is 1. The first kappa shape index (κ1) is 8.84. The van der Waals surface area contributed by atoms with E-state index in [-0.39, 0.29) is 0 Å². The maximum atomic E-state index is 8.58. The zero-order valence-electron chi connectivity index (χ0n) is 6.34. The molecule has 0 radical (unpaired) electrons. The molecule has 0 spiro atoms. The van der Waals surface area contributed by atoms with Gasteiger partial charge >= 0.3 is 0 Å². The van der Waals surface area contributed by atoms with Crippen molar-refractivity contribution in [3.8, 4) is 17.9 Å². The van der Waals surface area contributed by atoms with Crippen molar-refractivity contribution in [1.29, 1.82) is 5.26 Å². The van der Waals surface area contributed by atoms with Crippen LogP contribution in [0.1, 0.15) is 11.1 Å². The number of benzene rings is 1. The average molecular weight is 220 g/mol. The first-order valence-electron chi connectivity index (χ1n) is 3.42. The third kappa shape index (κ3) is 2.42. The van der Waals surface area contributed by atoms with Gasteiger partial charge in [0.1, 0.15) is 0 Å². The molecule has 1 nitrogen and oxygen atoms in total. The van der Waals surface area contributed by atoms with Crippen molar-refractivity contribution in [3.05, 3.63) is 35.4 Å². The summed E-state index contributed by atoms with van der Waals surface area (Å²) in [6.07, 6.45) is 0. The fourth-order valence-electron chi connectivity index (χ4n) is 0.802. The molecule has 0 atom stereocenters. The Labute approximate surface area is 80.2 Å². The molecule has 2 heteroatoms. The van der Waals surface area contributed by atoms with E-state index in [2.05, 4.69) is 33.8 Å². The van der Waals surface area contributed by atoms with Gasteiger partial charge in [-0.1, -0.05) is 33.8 Å². The van der Waals surface area contributed by atoms with Gasteiger partial charge in [0, 0.05) is 5.56 Å². The zero-order chi connectivity index (χ0) is 8.81. The van der Waals surface area contributed by atoms with Crippen LogP contribution in [0.15, 0.2) is 24.3 Å². The minimum atomic E-state index is 0.649. The molecule has 12 heavy (non-hydrogen) atoms. The smallest absolute Gasteiger partial charge is 0.0992 e. The van der Waals surface area contributed by atoms with Gasteiger partial charge in [0.2, 0.25) is 0 Å². The molecule has 58 valence electrons. The summed E-state index contributed by atoms with van der Waals surface area (Å²) in [5.41, 5.74) is 1.53. The lowest BCUT2D eigenvalue weighted by atomic mass is 10.1. The summed E-state index contributed by atoms with van der Waals surface area (Å²) in [7, 11) is 0. The van der Waals surface area contributed by atoms with Gasteiger partial charge in [-0.3, -0.25) is 0 Å². The van der Waals surface area contributed by atoms with Gasteiger partial charge in [-0.05, 0) is 18.2 Å². The number of nitrogens with zero attached hydrogens (tertiary/aromatic N) is 1. The number of hydrogen-bond donors (Lipinski definition) is 0. The van der Waals surface area contributed by atoms with E-state index in [9.17, 15) is 0 Å². The monoisotopic (exact) mass is 219 g/mol. The minimum Gasteiger partial charge on any atom is -0.192 e. The van der Waals surface area contributed by atoms with E-state index in [1.165, 1.54) is 0 Å². The van der Waals surface area contributed by atoms with E-state index in [4.69, 9.17) is 5.26 Å². The highest BCUT2D eigenvalue weighted by molar-refractivity contribution is 9.09. The van der Waals surface area contributed by atoms with Crippen LogP contribution in [0.2, 0.25) is 0 Å². The Bertz CT molecular complexity index is 365. The van der Waals surface area contributed by atoms with E-state index in [0.717, 1.165) is 5.56 Å². The molecular weight excluding hydrogens is 214 g/mol. The van der Waals surface area contributed by atoms with E-state index >= 15 is 0 Å². The highest BCUT2D eigenvalue weighted by Crippen LogP contribution is 2.01. The summed E-state index contributed by atoms with van der Waals surface area (Å²) < 4.78 is 0. The number of alkyl halides is 1. The Morgan fingerprint density at radius 3 is 2.75 bits per heavy atom. The van der Waals surface area contributed by atoms with Crippen LogP contribution in [0.5, 0.6) is 0 Å². The molecule has 0 aliphatic rings. The van der Waals surface area contributed by atoms with Gasteiger partial charge in [-0.2, -0.15) is 5.26 Å². The summed E-state index contributed by atoms with van der Waals surface area (Å²) in [5.74, 6) is 5.79. The maximum absolute atomic E-state index is 8.58. The molecule has 0 aromatic heterocycles. The molecule has 0 amide bonds. The summed E-state index contributed by atoms with van der Waals surface area (Å²) in [4.78, 5) is 0. The van der Waals surface area contributed by atoms with Crippen molar-refractivity contribution in [2.45, 2.75) is 0 Å². The molecule has 1 rings (SSSR count). The van der Waals surface area contributed by atoms with Crippen LogP contribution in [-0.2, 0) is 0 Å². The van der Waals surface area contributed by atoms with Crippen molar-refractivity contribution in [2.24, 2.45) is 0 Å². The SMILES string of the molecule is N#Cc1cccc(C#CCBr)c1. The first-order valence-corrected chi connectivity index (χ1v) is 4.54. The standard InChI is InChI=1S/C10H6BrN/c11-6-2-5-9-3-1-4-10(7-9)8-12/h1,3-4,7H,6H2. The van der Waals surface area contributed by atoms with Crippen LogP contribution in [0, 0.1) is 23.2 Å². The molecule has 0 unspecified atom stereocenters. The Hall–Kier alpha value is -1.25. The lowest BCUT2D eigenvalue weighted by Gasteiger charge is -1.89. The lowest BCUT2D eigenvalue weighted by molar-refractivity contribution is 1.48. The largest absolute Gasteiger partial charge is 0.192 e. The number of rotatable bonds is 0. The normalized spacial score (nSPS) is 8.00. The van der Waals surface area contributed by atoms with Gasteiger partial charge in [-0.15, -0.1) is 0 Å². The summed E-state index contributed by atoms with van der Waals surface area (Å²) in [6, 6.07) is 9.32. The highest BCUT2D eigenvalue weighted by Gasteiger charge is 1.89. The average Bonchev–Trinajstić information content (AvgIpc) is 2.15. The van der Waals surface area contributed by atoms with E-state index < -0.39 is 0 Å². The molecule has 0 aliphatic heterocycles. The first-order chi connectivity index (χ1) is 5.86. The van der Waals surface area contributed by atoms with Crippen molar-refractivity contribution >= 4 is 15.9 Å². The molecule has 0 heterocycles. The van der Waals surface area contributed by atoms with Crippen LogP contribution in [-0.4, -0.2) is 5.33 Å². The topological polar surface area (TPSA) is 23.8 Å². The second-order valence-corrected chi connectivity index (χ2v) is 2.69. The van der Waals surface area contributed by atoms with Gasteiger partial charge in [0.25, 0.3) is 0 Å². The molecule has 1 aromatic rings. The lowest BCUT2D eigenvalue weighted by Crippen LogP contribution is -1.77. The third-order valence-electron chi connectivity index (χ3n) is 1.29. The molecule has 0 N–H and O–H groups in total. The fourth-order valence-corrected chi connectivity index (χ4v) is 0.942. The molecule has 1 aromatic carbocycles. The van der Waals surface area contributed by atoms with E-state index in [1.807, 2.05) is 12.1 Å². The van der Waals surface area contributed by atoms with Crippen LogP contribution >= 0.6 is 15.9 Å². The molecule has 0 saturated carbocycles. The van der Waals surface area contributed by atoms with Crippen LogP contribution < -0.4 is 0 Å². The Morgan fingerprint density at radius 2 is 2.08 bits per heavy atom. The third-order valence-corrected chi connectivity index (χ3v) is 1.57. The predicted octanol–water partition coefficient (Wildman–Crippen LogP) is 2.30. The second-order valence-electron chi connectivity index (χ2n) is 2.13. The maximum Gasteiger partial charge on any atom is 0.0992 e. The van der Waals surface area contributed by atoms with Crippen molar-refractivity contribution in [3.63, 3.8) is 0 Å². The van der Waals surface area contributed by atoms with Gasteiger partial charge < -0.3 is 0 Å². The molecule has 0 saturated heterocycles. The predicted molar refractivity (Wildman–Crippen MR) is 51.8 cm³/mol. The molecule has 0 aliphatic carbocycles. The summed E-state index contributed by atoms with van der Waals surface area (Å²) in [5, 5.41) is 9.24. The highest BCUT2D eigenvalue weighted by atomic mass is 79.9. The zero-order valence-corrected chi connectivity index (χ0v) is 7.93.